The molecule has 0 saturated carbocycles. The SMILES string of the molecule is O=C(CCC(=O)C(=O)O)OCCOCCOCCO. The summed E-state index contributed by atoms with van der Waals surface area (Å²) in [5.41, 5.74) is 0. The Kier molecular flexibility index (Phi) is 10.7. The summed E-state index contributed by atoms with van der Waals surface area (Å²) >= 11 is 0. The van der Waals surface area contributed by atoms with Gasteiger partial charge in [-0.1, -0.05) is 0 Å². The smallest absolute Gasteiger partial charge is 0.372 e. The van der Waals surface area contributed by atoms with Crippen molar-refractivity contribution in [3.63, 3.8) is 0 Å². The molecule has 0 heterocycles. The molecule has 0 spiro atoms. The van der Waals surface area contributed by atoms with Crippen molar-refractivity contribution in [2.45, 2.75) is 12.8 Å². The first-order valence-corrected chi connectivity index (χ1v) is 5.76. The third-order valence-corrected chi connectivity index (χ3v) is 1.89. The van der Waals surface area contributed by atoms with Gasteiger partial charge in [0.1, 0.15) is 6.61 Å². The van der Waals surface area contributed by atoms with Crippen LogP contribution in [0.3, 0.4) is 0 Å². The standard InChI is InChI=1S/C11H18O8/c12-3-4-17-5-6-18-7-8-19-10(14)2-1-9(13)11(15)16/h12H,1-8H2,(H,15,16). The molecule has 0 amide bonds. The number of esters is 1. The van der Waals surface area contributed by atoms with Gasteiger partial charge < -0.3 is 24.4 Å². The fourth-order valence-corrected chi connectivity index (χ4v) is 0.996. The molecule has 8 heteroatoms. The number of aliphatic carboxylic acids is 1. The summed E-state index contributed by atoms with van der Waals surface area (Å²) in [6.07, 6.45) is -0.630. The number of carbonyl (C=O) groups is 3. The normalized spacial score (nSPS) is 10.2. The number of ketones is 1. The second kappa shape index (κ2) is 11.6. The van der Waals surface area contributed by atoms with Gasteiger partial charge in [-0.2, -0.15) is 0 Å². The second-order valence-corrected chi connectivity index (χ2v) is 3.40. The van der Waals surface area contributed by atoms with Gasteiger partial charge >= 0.3 is 11.9 Å². The molecule has 0 fully saturated rings. The summed E-state index contributed by atoms with van der Waals surface area (Å²) in [5.74, 6) is -3.22. The quantitative estimate of drug-likeness (QED) is 0.265. The van der Waals surface area contributed by atoms with Crippen LogP contribution >= 0.6 is 0 Å². The van der Waals surface area contributed by atoms with Crippen molar-refractivity contribution in [1.82, 2.24) is 0 Å². The molecule has 0 atom stereocenters. The summed E-state index contributed by atoms with van der Waals surface area (Å²) in [4.78, 5) is 31.9. The molecule has 0 aromatic carbocycles. The molecular weight excluding hydrogens is 260 g/mol. The molecule has 0 unspecified atom stereocenters. The van der Waals surface area contributed by atoms with Crippen LogP contribution in [0.5, 0.6) is 0 Å². The lowest BCUT2D eigenvalue weighted by Crippen LogP contribution is -2.17. The average Bonchev–Trinajstić information content (AvgIpc) is 2.38. The van der Waals surface area contributed by atoms with E-state index in [1.54, 1.807) is 0 Å². The van der Waals surface area contributed by atoms with Gasteiger partial charge in [0.25, 0.3) is 0 Å². The van der Waals surface area contributed by atoms with Crippen LogP contribution in [0.1, 0.15) is 12.8 Å². The first kappa shape index (κ1) is 17.5. The number of aliphatic hydroxyl groups is 1. The second-order valence-electron chi connectivity index (χ2n) is 3.40. The maximum Gasteiger partial charge on any atom is 0.372 e. The lowest BCUT2D eigenvalue weighted by molar-refractivity contribution is -0.151. The largest absolute Gasteiger partial charge is 0.476 e. The zero-order valence-corrected chi connectivity index (χ0v) is 10.5. The van der Waals surface area contributed by atoms with Crippen LogP contribution in [0.2, 0.25) is 0 Å². The first-order valence-electron chi connectivity index (χ1n) is 5.76. The highest BCUT2D eigenvalue weighted by atomic mass is 16.6. The van der Waals surface area contributed by atoms with Crippen LogP contribution in [0.15, 0.2) is 0 Å². The minimum Gasteiger partial charge on any atom is -0.476 e. The van der Waals surface area contributed by atoms with Crippen molar-refractivity contribution in [2.75, 3.05) is 39.6 Å². The van der Waals surface area contributed by atoms with E-state index in [9.17, 15) is 14.4 Å². The Morgan fingerprint density at radius 1 is 0.842 bits per heavy atom. The van der Waals surface area contributed by atoms with E-state index in [1.807, 2.05) is 0 Å². The monoisotopic (exact) mass is 278 g/mol. The maximum absolute atomic E-state index is 11.1. The lowest BCUT2D eigenvalue weighted by atomic mass is 10.2. The van der Waals surface area contributed by atoms with Gasteiger partial charge in [-0.05, 0) is 0 Å². The molecule has 0 aliphatic carbocycles. The number of ether oxygens (including phenoxy) is 3. The molecule has 0 radical (unpaired) electrons. The third kappa shape index (κ3) is 11.3. The number of rotatable bonds is 12. The molecule has 0 aliphatic heterocycles. The average molecular weight is 278 g/mol. The number of carboxylic acid groups (broad SMARTS) is 1. The molecule has 0 aromatic heterocycles. The number of hydrogen-bond acceptors (Lipinski definition) is 7. The van der Waals surface area contributed by atoms with Gasteiger partial charge in [-0.3, -0.25) is 9.59 Å². The number of hydrogen-bond donors (Lipinski definition) is 2. The zero-order valence-electron chi connectivity index (χ0n) is 10.5. The lowest BCUT2D eigenvalue weighted by Gasteiger charge is -2.06. The summed E-state index contributed by atoms with van der Waals surface area (Å²) in [6.45, 7) is 1.06. The number of carboxylic acids is 1. The van der Waals surface area contributed by atoms with Crippen LogP contribution in [0, 0.1) is 0 Å². The Hall–Kier alpha value is -1.51. The first-order chi connectivity index (χ1) is 9.07. The highest BCUT2D eigenvalue weighted by molar-refractivity contribution is 6.32. The van der Waals surface area contributed by atoms with Crippen molar-refractivity contribution < 1.29 is 38.8 Å². The zero-order chi connectivity index (χ0) is 14.5. The van der Waals surface area contributed by atoms with E-state index >= 15 is 0 Å². The molecular formula is C11H18O8. The Labute approximate surface area is 110 Å². The van der Waals surface area contributed by atoms with Crippen LogP contribution < -0.4 is 0 Å². The van der Waals surface area contributed by atoms with Crippen molar-refractivity contribution >= 4 is 17.7 Å². The molecule has 8 nitrogen and oxygen atoms in total. The molecule has 0 aromatic rings. The van der Waals surface area contributed by atoms with E-state index in [0.717, 1.165) is 0 Å². The van der Waals surface area contributed by atoms with E-state index in [2.05, 4.69) is 0 Å². The van der Waals surface area contributed by atoms with Crippen molar-refractivity contribution in [2.24, 2.45) is 0 Å². The van der Waals surface area contributed by atoms with Gasteiger partial charge in [-0.25, -0.2) is 4.79 Å². The maximum atomic E-state index is 11.1. The summed E-state index contributed by atoms with van der Waals surface area (Å²) < 4.78 is 14.7. The van der Waals surface area contributed by atoms with Crippen molar-refractivity contribution in [1.29, 1.82) is 0 Å². The van der Waals surface area contributed by atoms with E-state index in [-0.39, 0.29) is 39.3 Å². The number of Topliss-reactive ketones (excluding diaryl/α,β-unsaturated/α-hetero) is 1. The highest BCUT2D eigenvalue weighted by Gasteiger charge is 2.13. The summed E-state index contributed by atoms with van der Waals surface area (Å²) in [6, 6.07) is 0. The highest BCUT2D eigenvalue weighted by Crippen LogP contribution is 1.95. The van der Waals surface area contributed by atoms with E-state index in [0.29, 0.717) is 13.2 Å². The van der Waals surface area contributed by atoms with Crippen molar-refractivity contribution in [3.8, 4) is 0 Å². The minimum absolute atomic E-state index is 0.0279. The van der Waals surface area contributed by atoms with Gasteiger partial charge in [0.05, 0.1) is 39.5 Å². The summed E-state index contributed by atoms with van der Waals surface area (Å²) in [5, 5.41) is 16.7. The Bertz CT molecular complexity index is 288. The van der Waals surface area contributed by atoms with Crippen molar-refractivity contribution in [3.05, 3.63) is 0 Å². The molecule has 0 bridgehead atoms. The third-order valence-electron chi connectivity index (χ3n) is 1.89. The number of carbonyl (C=O) groups excluding carboxylic acids is 2. The van der Waals surface area contributed by atoms with Gasteiger partial charge in [0.15, 0.2) is 0 Å². The minimum atomic E-state index is -1.56. The van der Waals surface area contributed by atoms with Gasteiger partial charge in [0.2, 0.25) is 5.78 Å². The summed E-state index contributed by atoms with van der Waals surface area (Å²) in [7, 11) is 0. The van der Waals surface area contributed by atoms with E-state index in [1.165, 1.54) is 0 Å². The Morgan fingerprint density at radius 2 is 1.42 bits per heavy atom. The van der Waals surface area contributed by atoms with Gasteiger partial charge in [0, 0.05) is 6.42 Å². The Morgan fingerprint density at radius 3 is 2.00 bits per heavy atom. The van der Waals surface area contributed by atoms with Crippen LogP contribution in [-0.4, -0.2) is 67.6 Å². The molecule has 0 rings (SSSR count). The van der Waals surface area contributed by atoms with E-state index in [4.69, 9.17) is 24.4 Å². The molecule has 19 heavy (non-hydrogen) atoms. The number of aliphatic hydroxyl groups excluding tert-OH is 1. The van der Waals surface area contributed by atoms with Crippen LogP contribution in [-0.2, 0) is 28.6 Å². The predicted molar refractivity (Wildman–Crippen MR) is 61.6 cm³/mol. The van der Waals surface area contributed by atoms with Crippen LogP contribution in [0.25, 0.3) is 0 Å². The molecule has 0 aliphatic rings. The Balaban J connectivity index is 3.34. The molecule has 110 valence electrons. The predicted octanol–water partition coefficient (Wildman–Crippen LogP) is -1.01. The fourth-order valence-electron chi connectivity index (χ4n) is 0.996. The van der Waals surface area contributed by atoms with Gasteiger partial charge in [-0.15, -0.1) is 0 Å². The fraction of sp³-hybridized carbons (Fsp3) is 0.727. The topological polar surface area (TPSA) is 119 Å². The molecule has 0 saturated heterocycles. The van der Waals surface area contributed by atoms with Crippen LogP contribution in [0.4, 0.5) is 0 Å². The molecule has 2 N–H and O–H groups in total. The van der Waals surface area contributed by atoms with E-state index < -0.39 is 17.7 Å².